The van der Waals surface area contributed by atoms with Crippen LogP contribution in [0.15, 0.2) is 0 Å². The topological polar surface area (TPSA) is 92.7 Å². The van der Waals surface area contributed by atoms with Crippen LogP contribution in [0, 0.1) is 0 Å². The van der Waals surface area contributed by atoms with Crippen molar-refractivity contribution in [1.82, 2.24) is 5.32 Å². The summed E-state index contributed by atoms with van der Waals surface area (Å²) in [7, 11) is -3.31. The number of amides is 1. The second-order valence-electron chi connectivity index (χ2n) is 5.42. The largest absolute Gasteiger partial charge is 0.444 e. The van der Waals surface area contributed by atoms with Gasteiger partial charge in [0.05, 0.1) is 17.9 Å². The van der Waals surface area contributed by atoms with Crippen molar-refractivity contribution in [3.05, 3.63) is 0 Å². The van der Waals surface area contributed by atoms with E-state index in [1.54, 1.807) is 20.8 Å². The lowest BCUT2D eigenvalue weighted by atomic mass is 10.1. The van der Waals surface area contributed by atoms with Gasteiger partial charge in [0.25, 0.3) is 0 Å². The Morgan fingerprint density at radius 2 is 1.76 bits per heavy atom. The highest BCUT2D eigenvalue weighted by molar-refractivity contribution is 7.90. The van der Waals surface area contributed by atoms with Crippen LogP contribution in [0.4, 0.5) is 4.79 Å². The first-order valence-electron chi connectivity index (χ1n) is 5.17. The first kappa shape index (κ1) is 16.2. The van der Waals surface area contributed by atoms with Gasteiger partial charge in [-0.3, -0.25) is 0 Å². The molecular formula is C10H21NO5S. The molecule has 0 saturated carbocycles. The summed E-state index contributed by atoms with van der Waals surface area (Å²) in [5.74, 6) is -0.351. The smallest absolute Gasteiger partial charge is 0.408 e. The fourth-order valence-electron chi connectivity index (χ4n) is 1.25. The van der Waals surface area contributed by atoms with Crippen LogP contribution in [0.3, 0.4) is 0 Å². The van der Waals surface area contributed by atoms with Gasteiger partial charge in [0, 0.05) is 6.26 Å². The van der Waals surface area contributed by atoms with Gasteiger partial charge in [-0.25, -0.2) is 13.2 Å². The van der Waals surface area contributed by atoms with Gasteiger partial charge >= 0.3 is 6.09 Å². The normalized spacial score (nSPS) is 16.1. The molecule has 0 heterocycles. The Hall–Kier alpha value is -0.820. The van der Waals surface area contributed by atoms with E-state index in [-0.39, 0.29) is 5.75 Å². The Labute approximate surface area is 102 Å². The summed E-state index contributed by atoms with van der Waals surface area (Å²) in [5.41, 5.74) is -1.92. The number of alkyl carbamates (subject to hydrolysis) is 1. The highest BCUT2D eigenvalue weighted by atomic mass is 32.2. The maximum atomic E-state index is 11.5. The molecule has 0 aliphatic carbocycles. The van der Waals surface area contributed by atoms with E-state index in [2.05, 4.69) is 5.32 Å². The number of nitrogens with one attached hydrogen (secondary N) is 1. The average Bonchev–Trinajstić information content (AvgIpc) is 1.95. The molecule has 0 aromatic carbocycles. The molecule has 102 valence electrons. The SMILES string of the molecule is CC(CO)(CS(C)(=O)=O)NC(=O)OC(C)(C)C. The van der Waals surface area contributed by atoms with Crippen LogP contribution < -0.4 is 5.32 Å². The summed E-state index contributed by atoms with van der Waals surface area (Å²) < 4.78 is 27.3. The van der Waals surface area contributed by atoms with Crippen LogP contribution in [-0.2, 0) is 14.6 Å². The van der Waals surface area contributed by atoms with Gasteiger partial charge in [-0.1, -0.05) is 0 Å². The first-order valence-corrected chi connectivity index (χ1v) is 7.23. The highest BCUT2D eigenvalue weighted by Crippen LogP contribution is 2.11. The molecule has 7 heteroatoms. The summed E-state index contributed by atoms with van der Waals surface area (Å²) in [6.45, 7) is 6.04. The van der Waals surface area contributed by atoms with E-state index in [9.17, 15) is 13.2 Å². The lowest BCUT2D eigenvalue weighted by Gasteiger charge is -2.29. The Morgan fingerprint density at radius 1 is 1.29 bits per heavy atom. The summed E-state index contributed by atoms with van der Waals surface area (Å²) in [5, 5.41) is 11.5. The first-order chi connectivity index (χ1) is 7.37. The van der Waals surface area contributed by atoms with Gasteiger partial charge in [-0.05, 0) is 27.7 Å². The van der Waals surface area contributed by atoms with Crippen molar-refractivity contribution in [3.8, 4) is 0 Å². The average molecular weight is 267 g/mol. The minimum absolute atomic E-state index is 0.351. The van der Waals surface area contributed by atoms with Crippen LogP contribution in [0.1, 0.15) is 27.7 Å². The zero-order valence-electron chi connectivity index (χ0n) is 10.9. The van der Waals surface area contributed by atoms with E-state index in [1.165, 1.54) is 6.92 Å². The van der Waals surface area contributed by atoms with E-state index in [1.807, 2.05) is 0 Å². The van der Waals surface area contributed by atoms with E-state index in [4.69, 9.17) is 9.84 Å². The molecule has 0 fully saturated rings. The molecule has 0 bridgehead atoms. The zero-order valence-corrected chi connectivity index (χ0v) is 11.7. The Morgan fingerprint density at radius 3 is 2.06 bits per heavy atom. The van der Waals surface area contributed by atoms with Crippen LogP contribution in [0.5, 0.6) is 0 Å². The number of ether oxygens (including phenoxy) is 1. The van der Waals surface area contributed by atoms with Gasteiger partial charge in [-0.2, -0.15) is 0 Å². The number of aliphatic hydroxyl groups is 1. The van der Waals surface area contributed by atoms with Crippen LogP contribution in [-0.4, -0.2) is 49.4 Å². The molecule has 0 aliphatic rings. The van der Waals surface area contributed by atoms with Gasteiger partial charge in [0.2, 0.25) is 0 Å². The molecule has 17 heavy (non-hydrogen) atoms. The third-order valence-corrected chi connectivity index (χ3v) is 2.89. The van der Waals surface area contributed by atoms with Crippen molar-refractivity contribution in [2.24, 2.45) is 0 Å². The van der Waals surface area contributed by atoms with Gasteiger partial charge in [0.15, 0.2) is 0 Å². The number of aliphatic hydroxyl groups excluding tert-OH is 1. The van der Waals surface area contributed by atoms with E-state index in [0.29, 0.717) is 0 Å². The van der Waals surface area contributed by atoms with Gasteiger partial charge in [-0.15, -0.1) is 0 Å². The quantitative estimate of drug-likeness (QED) is 0.764. The predicted molar refractivity (Wildman–Crippen MR) is 64.6 cm³/mol. The fraction of sp³-hybridized carbons (Fsp3) is 0.900. The second kappa shape index (κ2) is 5.22. The molecule has 0 saturated heterocycles. The minimum Gasteiger partial charge on any atom is -0.444 e. The van der Waals surface area contributed by atoms with Gasteiger partial charge in [0.1, 0.15) is 15.4 Å². The second-order valence-corrected chi connectivity index (χ2v) is 7.56. The lowest BCUT2D eigenvalue weighted by Crippen LogP contribution is -2.54. The number of carbonyl (C=O) groups excluding carboxylic acids is 1. The minimum atomic E-state index is -3.31. The Bertz CT molecular complexity index is 371. The molecule has 2 N–H and O–H groups in total. The van der Waals surface area contributed by atoms with Crippen LogP contribution in [0.2, 0.25) is 0 Å². The molecule has 0 aromatic rings. The van der Waals surface area contributed by atoms with Crippen LogP contribution in [0.25, 0.3) is 0 Å². The maximum absolute atomic E-state index is 11.5. The Kier molecular flexibility index (Phi) is 4.97. The van der Waals surface area contributed by atoms with Crippen molar-refractivity contribution in [2.45, 2.75) is 38.8 Å². The van der Waals surface area contributed by atoms with Crippen molar-refractivity contribution in [3.63, 3.8) is 0 Å². The molecule has 0 radical (unpaired) electrons. The maximum Gasteiger partial charge on any atom is 0.408 e. The third kappa shape index (κ3) is 7.98. The van der Waals surface area contributed by atoms with E-state index in [0.717, 1.165) is 6.26 Å². The summed E-state index contributed by atoms with van der Waals surface area (Å²) in [4.78, 5) is 11.5. The number of hydrogen-bond donors (Lipinski definition) is 2. The third-order valence-electron chi connectivity index (χ3n) is 1.73. The highest BCUT2D eigenvalue weighted by Gasteiger charge is 2.31. The van der Waals surface area contributed by atoms with Gasteiger partial charge < -0.3 is 15.2 Å². The molecule has 0 aliphatic heterocycles. The lowest BCUT2D eigenvalue weighted by molar-refractivity contribution is 0.0434. The van der Waals surface area contributed by atoms with Crippen LogP contribution >= 0.6 is 0 Å². The zero-order chi connectivity index (χ0) is 13.9. The molecule has 0 spiro atoms. The number of rotatable bonds is 4. The molecule has 0 aromatic heterocycles. The molecule has 1 unspecified atom stereocenters. The van der Waals surface area contributed by atoms with E-state index < -0.39 is 33.7 Å². The molecule has 6 nitrogen and oxygen atoms in total. The summed E-state index contributed by atoms with van der Waals surface area (Å²) in [6.07, 6.45) is 0.287. The number of carbonyl (C=O) groups is 1. The summed E-state index contributed by atoms with van der Waals surface area (Å²) >= 11 is 0. The van der Waals surface area contributed by atoms with Crippen molar-refractivity contribution in [2.75, 3.05) is 18.6 Å². The predicted octanol–water partition coefficient (Wildman–Crippen LogP) is 0.307. The molecular weight excluding hydrogens is 246 g/mol. The Balaban J connectivity index is 4.65. The molecule has 0 rings (SSSR count). The monoisotopic (exact) mass is 267 g/mol. The van der Waals surface area contributed by atoms with E-state index >= 15 is 0 Å². The summed E-state index contributed by atoms with van der Waals surface area (Å²) in [6, 6.07) is 0. The molecule has 1 amide bonds. The van der Waals surface area contributed by atoms with Crippen molar-refractivity contribution >= 4 is 15.9 Å². The number of sulfone groups is 1. The van der Waals surface area contributed by atoms with Crippen molar-refractivity contribution < 1.29 is 23.1 Å². The number of hydrogen-bond acceptors (Lipinski definition) is 5. The molecule has 1 atom stereocenters. The van der Waals surface area contributed by atoms with Crippen molar-refractivity contribution in [1.29, 1.82) is 0 Å². The standard InChI is InChI=1S/C10H21NO5S/c1-9(2,3)16-8(13)11-10(4,6-12)7-17(5,14)15/h12H,6-7H2,1-5H3,(H,11,13). The fourth-order valence-corrected chi connectivity index (χ4v) is 2.57.